The number of fused-ring (bicyclic) bond motifs is 1. The van der Waals surface area contributed by atoms with Crippen molar-refractivity contribution in [2.45, 2.75) is 71.3 Å². The van der Waals surface area contributed by atoms with Gasteiger partial charge in [0.2, 0.25) is 5.91 Å². The van der Waals surface area contributed by atoms with Crippen LogP contribution in [-0.2, 0) is 22.5 Å². The van der Waals surface area contributed by atoms with Crippen LogP contribution in [0.2, 0.25) is 0 Å². The molecule has 26 heavy (non-hydrogen) atoms. The summed E-state index contributed by atoms with van der Waals surface area (Å²) >= 11 is 0. The monoisotopic (exact) mass is 360 g/mol. The van der Waals surface area contributed by atoms with Crippen molar-refractivity contribution in [1.29, 1.82) is 0 Å². The quantitative estimate of drug-likeness (QED) is 0.814. The van der Waals surface area contributed by atoms with E-state index in [9.17, 15) is 4.79 Å². The average Bonchev–Trinajstić information content (AvgIpc) is 3.01. The molecule has 0 unspecified atom stereocenters. The molecule has 1 aromatic heterocycles. The minimum absolute atomic E-state index is 0.191. The number of hydrogen-bond acceptors (Lipinski definition) is 4. The van der Waals surface area contributed by atoms with Crippen molar-refractivity contribution < 1.29 is 9.53 Å². The Hall–Kier alpha value is -1.43. The van der Waals surface area contributed by atoms with Gasteiger partial charge in [-0.15, -0.1) is 10.2 Å². The number of hydrogen-bond donors (Lipinski definition) is 0. The Morgan fingerprint density at radius 1 is 1.08 bits per heavy atom. The highest BCUT2D eigenvalue weighted by atomic mass is 16.5. The first-order chi connectivity index (χ1) is 12.6. The van der Waals surface area contributed by atoms with Crippen molar-refractivity contribution in [3.63, 3.8) is 0 Å². The zero-order chi connectivity index (χ0) is 18.1. The lowest BCUT2D eigenvalue weighted by Crippen LogP contribution is -2.46. The van der Waals surface area contributed by atoms with E-state index < -0.39 is 0 Å². The van der Waals surface area contributed by atoms with Crippen LogP contribution in [0, 0.1) is 11.3 Å². The smallest absolute Gasteiger partial charge is 0.225 e. The number of likely N-dealkylation sites (tertiary alicyclic amines) is 1. The fourth-order valence-electron chi connectivity index (χ4n) is 4.96. The average molecular weight is 361 g/mol. The van der Waals surface area contributed by atoms with Gasteiger partial charge in [0.25, 0.3) is 0 Å². The normalized spacial score (nSPS) is 23.9. The van der Waals surface area contributed by atoms with Gasteiger partial charge in [-0.3, -0.25) is 4.79 Å². The van der Waals surface area contributed by atoms with Gasteiger partial charge in [-0.1, -0.05) is 13.8 Å². The highest BCUT2D eigenvalue weighted by molar-refractivity contribution is 5.79. The second kappa shape index (κ2) is 7.29. The Morgan fingerprint density at radius 2 is 1.77 bits per heavy atom. The van der Waals surface area contributed by atoms with Crippen LogP contribution in [0.3, 0.4) is 0 Å². The minimum atomic E-state index is 0.191. The lowest BCUT2D eigenvalue weighted by Gasteiger charge is -2.42. The first kappa shape index (κ1) is 18.0. The van der Waals surface area contributed by atoms with Gasteiger partial charge >= 0.3 is 0 Å². The van der Waals surface area contributed by atoms with Gasteiger partial charge in [-0.25, -0.2) is 0 Å². The molecule has 6 nitrogen and oxygen atoms in total. The van der Waals surface area contributed by atoms with Gasteiger partial charge in [0.15, 0.2) is 0 Å². The number of aryl methyl sites for hydroxylation is 1. The maximum absolute atomic E-state index is 12.8. The van der Waals surface area contributed by atoms with Crippen LogP contribution >= 0.6 is 0 Å². The molecule has 3 aliphatic heterocycles. The Labute approximate surface area is 156 Å². The zero-order valence-electron chi connectivity index (χ0n) is 16.2. The summed E-state index contributed by atoms with van der Waals surface area (Å²) in [6.07, 6.45) is 7.46. The van der Waals surface area contributed by atoms with Crippen LogP contribution in [-0.4, -0.2) is 51.9 Å². The number of carbonyl (C=O) groups excluding carboxylic acids is 1. The fraction of sp³-hybridized carbons (Fsp3) is 0.850. The summed E-state index contributed by atoms with van der Waals surface area (Å²) in [4.78, 5) is 14.9. The Kier molecular flexibility index (Phi) is 5.04. The molecule has 2 saturated heterocycles. The maximum atomic E-state index is 12.8. The summed E-state index contributed by atoms with van der Waals surface area (Å²) in [5.41, 5.74) is 0.376. The van der Waals surface area contributed by atoms with Gasteiger partial charge in [0, 0.05) is 51.1 Å². The topological polar surface area (TPSA) is 60.2 Å². The Morgan fingerprint density at radius 3 is 2.46 bits per heavy atom. The van der Waals surface area contributed by atoms with E-state index in [2.05, 4.69) is 33.5 Å². The lowest BCUT2D eigenvalue weighted by molar-refractivity contribution is -0.141. The minimum Gasteiger partial charge on any atom is -0.381 e. The van der Waals surface area contributed by atoms with Gasteiger partial charge in [0.05, 0.1) is 0 Å². The highest BCUT2D eigenvalue weighted by Crippen LogP contribution is 2.42. The molecule has 0 bridgehead atoms. The van der Waals surface area contributed by atoms with Crippen molar-refractivity contribution in [2.75, 3.05) is 26.3 Å². The molecule has 0 atom stereocenters. The van der Waals surface area contributed by atoms with Crippen LogP contribution in [0.1, 0.15) is 69.9 Å². The van der Waals surface area contributed by atoms with Crippen LogP contribution in [0.5, 0.6) is 0 Å². The molecular weight excluding hydrogens is 328 g/mol. The summed E-state index contributed by atoms with van der Waals surface area (Å²) in [5, 5.41) is 8.87. The number of carbonyl (C=O) groups is 1. The van der Waals surface area contributed by atoms with E-state index >= 15 is 0 Å². The van der Waals surface area contributed by atoms with E-state index in [1.807, 2.05) is 0 Å². The van der Waals surface area contributed by atoms with Crippen molar-refractivity contribution in [1.82, 2.24) is 19.7 Å². The molecule has 2 fully saturated rings. The molecular formula is C20H32N4O2. The third-order valence-corrected chi connectivity index (χ3v) is 6.82. The van der Waals surface area contributed by atoms with Crippen LogP contribution < -0.4 is 0 Å². The van der Waals surface area contributed by atoms with E-state index in [4.69, 9.17) is 4.74 Å². The number of piperidine rings is 1. The van der Waals surface area contributed by atoms with E-state index in [0.717, 1.165) is 76.6 Å². The summed E-state index contributed by atoms with van der Waals surface area (Å²) < 4.78 is 7.77. The van der Waals surface area contributed by atoms with Gasteiger partial charge in [-0.2, -0.15) is 0 Å². The van der Waals surface area contributed by atoms with E-state index in [1.165, 1.54) is 12.8 Å². The van der Waals surface area contributed by atoms with Crippen LogP contribution in [0.4, 0.5) is 0 Å². The maximum Gasteiger partial charge on any atom is 0.225 e. The van der Waals surface area contributed by atoms with Crippen LogP contribution in [0.15, 0.2) is 0 Å². The van der Waals surface area contributed by atoms with Gasteiger partial charge < -0.3 is 14.2 Å². The highest BCUT2D eigenvalue weighted by Gasteiger charge is 2.39. The molecule has 4 rings (SSSR count). The predicted octanol–water partition coefficient (Wildman–Crippen LogP) is 2.77. The van der Waals surface area contributed by atoms with Gasteiger partial charge in [-0.05, 0) is 43.9 Å². The first-order valence-electron chi connectivity index (χ1n) is 10.4. The van der Waals surface area contributed by atoms with Crippen molar-refractivity contribution >= 4 is 5.91 Å². The van der Waals surface area contributed by atoms with Crippen molar-refractivity contribution in [2.24, 2.45) is 11.3 Å². The third kappa shape index (κ3) is 3.40. The molecule has 0 aliphatic carbocycles. The second-order valence-electron chi connectivity index (χ2n) is 8.74. The first-order valence-corrected chi connectivity index (χ1v) is 10.4. The number of nitrogens with zero attached hydrogens (tertiary/aromatic N) is 4. The third-order valence-electron chi connectivity index (χ3n) is 6.82. The molecule has 0 radical (unpaired) electrons. The predicted molar refractivity (Wildman–Crippen MR) is 98.8 cm³/mol. The van der Waals surface area contributed by atoms with E-state index in [0.29, 0.717) is 17.2 Å². The second-order valence-corrected chi connectivity index (χ2v) is 8.74. The molecule has 1 spiro atoms. The molecule has 1 amide bonds. The molecule has 3 aliphatic rings. The van der Waals surface area contributed by atoms with Crippen molar-refractivity contribution in [3.8, 4) is 0 Å². The number of aromatic nitrogens is 3. The zero-order valence-corrected chi connectivity index (χ0v) is 16.2. The Bertz CT molecular complexity index is 640. The lowest BCUT2D eigenvalue weighted by atomic mass is 9.72. The van der Waals surface area contributed by atoms with E-state index in [1.54, 1.807) is 0 Å². The standard InChI is InChI=1S/C20H32N4O2/c1-15(2)18-22-21-17-3-6-20(9-12-24(17)18)7-10-23(11-8-20)19(25)16-4-13-26-14-5-16/h15-16H,3-14H2,1-2H3. The van der Waals surface area contributed by atoms with Crippen molar-refractivity contribution in [3.05, 3.63) is 11.6 Å². The summed E-state index contributed by atoms with van der Waals surface area (Å²) in [6, 6.07) is 0. The number of amides is 1. The molecule has 6 heteroatoms. The Balaban J connectivity index is 1.37. The summed E-state index contributed by atoms with van der Waals surface area (Å²) in [6.45, 7) is 8.75. The molecule has 1 aromatic rings. The SMILES string of the molecule is CC(C)c1nnc2n1CCC1(CC2)CCN(C(=O)C2CCOCC2)CC1. The molecule has 0 N–H and O–H groups in total. The molecule has 4 heterocycles. The molecule has 0 aromatic carbocycles. The van der Waals surface area contributed by atoms with Crippen LogP contribution in [0.25, 0.3) is 0 Å². The molecule has 0 saturated carbocycles. The van der Waals surface area contributed by atoms with Gasteiger partial charge in [0.1, 0.15) is 11.6 Å². The summed E-state index contributed by atoms with van der Waals surface area (Å²) in [7, 11) is 0. The number of ether oxygens (including phenoxy) is 1. The van der Waals surface area contributed by atoms with E-state index in [-0.39, 0.29) is 5.92 Å². The fourth-order valence-corrected chi connectivity index (χ4v) is 4.96. The number of rotatable bonds is 2. The summed E-state index contributed by atoms with van der Waals surface area (Å²) in [5.74, 6) is 3.27. The molecule has 144 valence electrons. The largest absolute Gasteiger partial charge is 0.381 e.